The molecule has 0 aliphatic rings. The minimum atomic E-state index is -1.73. The van der Waals surface area contributed by atoms with Gasteiger partial charge in [0.05, 0.1) is 17.0 Å². The minimum absolute atomic E-state index is 0.0330. The second kappa shape index (κ2) is 8.44. The van der Waals surface area contributed by atoms with Crippen LogP contribution in [0.2, 0.25) is 0 Å². The molecule has 0 aliphatic heterocycles. The molecule has 10 heteroatoms. The van der Waals surface area contributed by atoms with Crippen molar-refractivity contribution in [2.45, 2.75) is 6.92 Å². The summed E-state index contributed by atoms with van der Waals surface area (Å²) in [7, 11) is 3.08. The Morgan fingerprint density at radius 3 is 2.20 bits per heavy atom. The van der Waals surface area contributed by atoms with Gasteiger partial charge >= 0.3 is 0 Å². The van der Waals surface area contributed by atoms with Crippen molar-refractivity contribution < 1.29 is 26.7 Å². The molecule has 0 fully saturated rings. The number of aryl methyl sites for hydroxylation is 1. The van der Waals surface area contributed by atoms with Crippen LogP contribution in [0.3, 0.4) is 0 Å². The van der Waals surface area contributed by atoms with Crippen molar-refractivity contribution in [3.63, 3.8) is 0 Å². The average Bonchev–Trinajstić information content (AvgIpc) is 2.72. The summed E-state index contributed by atoms with van der Waals surface area (Å²) in [5.41, 5.74) is 1.25. The van der Waals surface area contributed by atoms with Crippen molar-refractivity contribution in [2.75, 3.05) is 19.4 Å². The summed E-state index contributed by atoms with van der Waals surface area (Å²) in [6.45, 7) is 1.70. The lowest BCUT2D eigenvalue weighted by Crippen LogP contribution is -2.13. The van der Waals surface area contributed by atoms with Crippen molar-refractivity contribution >= 4 is 11.5 Å². The van der Waals surface area contributed by atoms with E-state index < -0.39 is 34.8 Å². The Balaban J connectivity index is 2.03. The molecule has 156 valence electrons. The number of hydrogen-bond acceptors (Lipinski definition) is 5. The van der Waals surface area contributed by atoms with E-state index >= 15 is 0 Å². The van der Waals surface area contributed by atoms with Gasteiger partial charge in [-0.1, -0.05) is 0 Å². The molecular weight excluding hydrogens is 407 g/mol. The van der Waals surface area contributed by atoms with E-state index in [0.717, 1.165) is 6.07 Å². The third-order valence-corrected chi connectivity index (χ3v) is 4.22. The molecule has 0 amide bonds. The fraction of sp³-hybridized carbons (Fsp3) is 0.150. The SMILES string of the molecule is CN=C(c1ccc(Oc2c(F)c(F)cc(F)c2F)cc1F)c1c(C)ncnc1NC. The fourth-order valence-electron chi connectivity index (χ4n) is 2.82. The van der Waals surface area contributed by atoms with Gasteiger partial charge < -0.3 is 10.1 Å². The van der Waals surface area contributed by atoms with E-state index in [4.69, 9.17) is 4.74 Å². The molecule has 0 unspecified atom stereocenters. The lowest BCUT2D eigenvalue weighted by Gasteiger charge is -2.14. The highest BCUT2D eigenvalue weighted by Crippen LogP contribution is 2.32. The smallest absolute Gasteiger partial charge is 0.204 e. The molecule has 0 bridgehead atoms. The quantitative estimate of drug-likeness (QED) is 0.365. The molecule has 1 heterocycles. The summed E-state index contributed by atoms with van der Waals surface area (Å²) < 4.78 is 74.0. The molecule has 1 aromatic heterocycles. The number of rotatable bonds is 5. The fourth-order valence-corrected chi connectivity index (χ4v) is 2.82. The van der Waals surface area contributed by atoms with Crippen LogP contribution < -0.4 is 10.1 Å². The molecule has 0 radical (unpaired) electrons. The highest BCUT2D eigenvalue weighted by atomic mass is 19.2. The Bertz CT molecular complexity index is 1120. The topological polar surface area (TPSA) is 59.4 Å². The van der Waals surface area contributed by atoms with Gasteiger partial charge in [-0.05, 0) is 19.1 Å². The number of ether oxygens (including phenoxy) is 1. The number of halogens is 5. The number of benzene rings is 2. The van der Waals surface area contributed by atoms with Crippen LogP contribution in [-0.2, 0) is 0 Å². The summed E-state index contributed by atoms with van der Waals surface area (Å²) in [5.74, 6) is -8.85. The number of aromatic nitrogens is 2. The van der Waals surface area contributed by atoms with E-state index in [0.29, 0.717) is 17.1 Å². The van der Waals surface area contributed by atoms with Crippen LogP contribution in [0, 0.1) is 36.0 Å². The van der Waals surface area contributed by atoms with Crippen molar-refractivity contribution in [3.05, 3.63) is 76.5 Å². The van der Waals surface area contributed by atoms with Gasteiger partial charge in [0.2, 0.25) is 17.4 Å². The third kappa shape index (κ3) is 3.80. The Morgan fingerprint density at radius 2 is 1.63 bits per heavy atom. The summed E-state index contributed by atoms with van der Waals surface area (Å²) in [6.07, 6.45) is 1.34. The predicted octanol–water partition coefficient (Wildman–Crippen LogP) is 4.78. The lowest BCUT2D eigenvalue weighted by molar-refractivity contribution is 0.365. The van der Waals surface area contributed by atoms with Crippen LogP contribution in [-0.4, -0.2) is 29.8 Å². The maximum atomic E-state index is 14.8. The first-order valence-electron chi connectivity index (χ1n) is 8.55. The Hall–Kier alpha value is -3.56. The standard InChI is InChI=1S/C20H15F5N4O/c1-9-15(20(27-3)29-8-28-9)18(26-2)11-5-4-10(6-12(11)21)30-19-16(24)13(22)7-14(23)17(19)25/h4-8H,1-3H3,(H,27,28,29). The van der Waals surface area contributed by atoms with Gasteiger partial charge in [-0.2, -0.15) is 8.78 Å². The molecule has 0 saturated carbocycles. The van der Waals surface area contributed by atoms with Gasteiger partial charge in [-0.15, -0.1) is 0 Å². The van der Waals surface area contributed by atoms with Crippen LogP contribution >= 0.6 is 0 Å². The highest BCUT2D eigenvalue weighted by Gasteiger charge is 2.23. The molecule has 0 saturated heterocycles. The van der Waals surface area contributed by atoms with Crippen molar-refractivity contribution in [2.24, 2.45) is 4.99 Å². The largest absolute Gasteiger partial charge is 0.451 e. The van der Waals surface area contributed by atoms with E-state index in [1.165, 1.54) is 25.5 Å². The Morgan fingerprint density at radius 1 is 0.967 bits per heavy atom. The summed E-state index contributed by atoms with van der Waals surface area (Å²) >= 11 is 0. The summed E-state index contributed by atoms with van der Waals surface area (Å²) in [6, 6.07) is 3.31. The molecule has 3 aromatic rings. The predicted molar refractivity (Wildman–Crippen MR) is 101 cm³/mol. The Labute approximate surface area is 168 Å². The van der Waals surface area contributed by atoms with Crippen LogP contribution in [0.25, 0.3) is 0 Å². The molecule has 0 atom stereocenters. The lowest BCUT2D eigenvalue weighted by atomic mass is 10.0. The van der Waals surface area contributed by atoms with Gasteiger partial charge in [-0.3, -0.25) is 4.99 Å². The van der Waals surface area contributed by atoms with Crippen LogP contribution in [0.15, 0.2) is 35.6 Å². The van der Waals surface area contributed by atoms with Gasteiger partial charge in [0.1, 0.15) is 23.7 Å². The second-order valence-electron chi connectivity index (χ2n) is 6.05. The van der Waals surface area contributed by atoms with Crippen molar-refractivity contribution in [1.29, 1.82) is 0 Å². The first-order chi connectivity index (χ1) is 14.3. The van der Waals surface area contributed by atoms with E-state index in [9.17, 15) is 22.0 Å². The maximum Gasteiger partial charge on any atom is 0.204 e. The van der Waals surface area contributed by atoms with Gasteiger partial charge in [0.25, 0.3) is 0 Å². The monoisotopic (exact) mass is 422 g/mol. The molecule has 5 nitrogen and oxygen atoms in total. The normalized spacial score (nSPS) is 11.5. The number of nitrogens with zero attached hydrogens (tertiary/aromatic N) is 3. The molecule has 1 N–H and O–H groups in total. The first-order valence-corrected chi connectivity index (χ1v) is 8.55. The minimum Gasteiger partial charge on any atom is -0.451 e. The van der Waals surface area contributed by atoms with Gasteiger partial charge in [0, 0.05) is 31.8 Å². The number of nitrogens with one attached hydrogen (secondary N) is 1. The average molecular weight is 422 g/mol. The number of aliphatic imine (C=N–C) groups is 1. The maximum absolute atomic E-state index is 14.8. The highest BCUT2D eigenvalue weighted by molar-refractivity contribution is 6.16. The molecule has 0 aliphatic carbocycles. The molecule has 2 aromatic carbocycles. The summed E-state index contributed by atoms with van der Waals surface area (Å²) in [5, 5.41) is 2.87. The molecule has 0 spiro atoms. The number of anilines is 1. The molecule has 3 rings (SSSR count). The van der Waals surface area contributed by atoms with Crippen molar-refractivity contribution in [3.8, 4) is 11.5 Å². The van der Waals surface area contributed by atoms with Crippen LogP contribution in [0.4, 0.5) is 27.8 Å². The van der Waals surface area contributed by atoms with Crippen LogP contribution in [0.5, 0.6) is 11.5 Å². The van der Waals surface area contributed by atoms with Gasteiger partial charge in [0.15, 0.2) is 11.6 Å². The zero-order chi connectivity index (χ0) is 22.0. The van der Waals surface area contributed by atoms with E-state index in [2.05, 4.69) is 20.3 Å². The van der Waals surface area contributed by atoms with Crippen LogP contribution in [0.1, 0.15) is 16.8 Å². The zero-order valence-corrected chi connectivity index (χ0v) is 16.0. The first kappa shape index (κ1) is 21.2. The van der Waals surface area contributed by atoms with Crippen molar-refractivity contribution in [1.82, 2.24) is 9.97 Å². The van der Waals surface area contributed by atoms with Gasteiger partial charge in [-0.25, -0.2) is 23.1 Å². The van der Waals surface area contributed by atoms with E-state index in [1.54, 1.807) is 14.0 Å². The van der Waals surface area contributed by atoms with E-state index in [1.807, 2.05) is 0 Å². The molecular formula is C20H15F5N4O. The molecule has 30 heavy (non-hydrogen) atoms. The zero-order valence-electron chi connectivity index (χ0n) is 16.0. The Kier molecular flexibility index (Phi) is 5.95. The number of hydrogen-bond donors (Lipinski definition) is 1. The second-order valence-corrected chi connectivity index (χ2v) is 6.05. The summed E-state index contributed by atoms with van der Waals surface area (Å²) in [4.78, 5) is 12.3. The van der Waals surface area contributed by atoms with E-state index in [-0.39, 0.29) is 23.1 Å². The third-order valence-electron chi connectivity index (χ3n) is 4.22.